The number of allylic oxidation sites excluding steroid dienone is 1. The number of H-pyrrole nitrogens is 1. The molecular weight excluding hydrogens is 352 g/mol. The minimum Gasteiger partial charge on any atom is -0.497 e. The van der Waals surface area contributed by atoms with E-state index in [1.54, 1.807) is 12.7 Å². The van der Waals surface area contributed by atoms with E-state index in [0.717, 1.165) is 42.6 Å². The van der Waals surface area contributed by atoms with E-state index in [1.165, 1.54) is 25.7 Å². The Morgan fingerprint density at radius 1 is 1.21 bits per heavy atom. The number of benzene rings is 1. The molecule has 1 aliphatic carbocycles. The second kappa shape index (κ2) is 10.5. The fraction of sp³-hybridized carbons (Fsp3) is 0.476. The van der Waals surface area contributed by atoms with E-state index in [4.69, 9.17) is 4.74 Å². The number of guanidine groups is 1. The highest BCUT2D eigenvalue weighted by Gasteiger charge is 2.07. The van der Waals surface area contributed by atoms with Gasteiger partial charge in [0, 0.05) is 18.7 Å². The second-order valence-corrected chi connectivity index (χ2v) is 6.81. The summed E-state index contributed by atoms with van der Waals surface area (Å²) in [6.45, 7) is 4.23. The van der Waals surface area contributed by atoms with Gasteiger partial charge in [0.05, 0.1) is 7.11 Å². The van der Waals surface area contributed by atoms with E-state index in [-0.39, 0.29) is 0 Å². The van der Waals surface area contributed by atoms with Crippen molar-refractivity contribution in [1.29, 1.82) is 0 Å². The number of nitrogens with one attached hydrogen (secondary N) is 3. The van der Waals surface area contributed by atoms with Gasteiger partial charge in [-0.3, -0.25) is 5.10 Å². The average Bonchev–Trinajstić information content (AvgIpc) is 3.22. The summed E-state index contributed by atoms with van der Waals surface area (Å²) >= 11 is 0. The van der Waals surface area contributed by atoms with Gasteiger partial charge in [0.2, 0.25) is 0 Å². The first-order chi connectivity index (χ1) is 13.8. The van der Waals surface area contributed by atoms with Gasteiger partial charge >= 0.3 is 0 Å². The number of hydrogen-bond acceptors (Lipinski definition) is 4. The van der Waals surface area contributed by atoms with Crippen LogP contribution in [0, 0.1) is 0 Å². The molecular formula is C21H30N6O. The molecule has 3 N–H and O–H groups in total. The summed E-state index contributed by atoms with van der Waals surface area (Å²) in [5.74, 6) is 3.02. The molecule has 7 heteroatoms. The third-order valence-corrected chi connectivity index (χ3v) is 4.73. The van der Waals surface area contributed by atoms with Crippen molar-refractivity contribution in [3.63, 3.8) is 0 Å². The van der Waals surface area contributed by atoms with Crippen molar-refractivity contribution in [3.8, 4) is 17.1 Å². The molecule has 0 fully saturated rings. The van der Waals surface area contributed by atoms with Gasteiger partial charge in [0.15, 0.2) is 11.8 Å². The number of hydrogen-bond donors (Lipinski definition) is 3. The Hall–Kier alpha value is -2.83. The fourth-order valence-corrected chi connectivity index (χ4v) is 3.20. The molecule has 0 bridgehead atoms. The van der Waals surface area contributed by atoms with Crippen molar-refractivity contribution < 1.29 is 4.74 Å². The SMILES string of the molecule is CCNC(=NCc1nc(-c2ccc(OC)cc2)n[nH]1)NCCC1=CCCCC1. The minimum absolute atomic E-state index is 0.446. The van der Waals surface area contributed by atoms with Crippen molar-refractivity contribution in [3.05, 3.63) is 41.7 Å². The van der Waals surface area contributed by atoms with Crippen molar-refractivity contribution in [2.75, 3.05) is 20.2 Å². The lowest BCUT2D eigenvalue weighted by molar-refractivity contribution is 0.415. The van der Waals surface area contributed by atoms with Gasteiger partial charge in [-0.2, -0.15) is 5.10 Å². The molecule has 28 heavy (non-hydrogen) atoms. The highest BCUT2D eigenvalue weighted by molar-refractivity contribution is 5.79. The Labute approximate surface area is 166 Å². The van der Waals surface area contributed by atoms with Crippen molar-refractivity contribution in [2.24, 2.45) is 4.99 Å². The summed E-state index contributed by atoms with van der Waals surface area (Å²) in [6.07, 6.45) is 8.59. The van der Waals surface area contributed by atoms with Crippen LogP contribution in [0.4, 0.5) is 0 Å². The zero-order chi connectivity index (χ0) is 19.6. The van der Waals surface area contributed by atoms with Gasteiger partial charge in [0.25, 0.3) is 0 Å². The van der Waals surface area contributed by atoms with Gasteiger partial charge < -0.3 is 15.4 Å². The number of rotatable bonds is 8. The molecule has 0 amide bonds. The van der Waals surface area contributed by atoms with E-state index >= 15 is 0 Å². The number of aromatic nitrogens is 3. The van der Waals surface area contributed by atoms with E-state index in [9.17, 15) is 0 Å². The molecule has 1 aromatic heterocycles. The zero-order valence-corrected chi connectivity index (χ0v) is 16.8. The third-order valence-electron chi connectivity index (χ3n) is 4.73. The topological polar surface area (TPSA) is 87.2 Å². The van der Waals surface area contributed by atoms with Gasteiger partial charge in [-0.1, -0.05) is 11.6 Å². The van der Waals surface area contributed by atoms with Crippen molar-refractivity contribution in [2.45, 2.75) is 45.6 Å². The summed E-state index contributed by atoms with van der Waals surface area (Å²) in [6, 6.07) is 7.69. The first-order valence-electron chi connectivity index (χ1n) is 10.0. The van der Waals surface area contributed by atoms with Gasteiger partial charge in [-0.25, -0.2) is 9.98 Å². The smallest absolute Gasteiger partial charge is 0.191 e. The zero-order valence-electron chi connectivity index (χ0n) is 16.8. The Bertz CT molecular complexity index is 793. The molecule has 2 aromatic rings. The summed E-state index contributed by atoms with van der Waals surface area (Å²) in [5, 5.41) is 14.0. The summed E-state index contributed by atoms with van der Waals surface area (Å²) < 4.78 is 5.19. The van der Waals surface area contributed by atoms with Crippen LogP contribution in [0.5, 0.6) is 5.75 Å². The molecule has 0 radical (unpaired) electrons. The number of aliphatic imine (C=N–C) groups is 1. The number of nitrogens with zero attached hydrogens (tertiary/aromatic N) is 3. The summed E-state index contributed by atoms with van der Waals surface area (Å²) in [4.78, 5) is 9.16. The van der Waals surface area contributed by atoms with Gasteiger partial charge in [-0.05, 0) is 63.3 Å². The Kier molecular flexibility index (Phi) is 7.46. The summed E-state index contributed by atoms with van der Waals surface area (Å²) in [7, 11) is 1.65. The first-order valence-corrected chi connectivity index (χ1v) is 10.0. The Balaban J connectivity index is 1.54. The first kappa shape index (κ1) is 19.9. The largest absolute Gasteiger partial charge is 0.497 e. The van der Waals surface area contributed by atoms with Gasteiger partial charge in [0.1, 0.15) is 18.1 Å². The standard InChI is InChI=1S/C21H30N6O/c1-3-22-21(23-14-13-16-7-5-4-6-8-16)24-15-19-25-20(27-26-19)17-9-11-18(28-2)12-10-17/h7,9-12H,3-6,8,13-15H2,1-2H3,(H2,22,23,24)(H,25,26,27). The predicted octanol–water partition coefficient (Wildman–Crippen LogP) is 3.43. The number of aromatic amines is 1. The van der Waals surface area contributed by atoms with E-state index < -0.39 is 0 Å². The maximum atomic E-state index is 5.19. The average molecular weight is 383 g/mol. The van der Waals surface area contributed by atoms with E-state index in [1.807, 2.05) is 24.3 Å². The van der Waals surface area contributed by atoms with Gasteiger partial charge in [-0.15, -0.1) is 0 Å². The van der Waals surface area contributed by atoms with Crippen LogP contribution in [0.1, 0.15) is 44.9 Å². The van der Waals surface area contributed by atoms with E-state index in [2.05, 4.69) is 43.8 Å². The van der Waals surface area contributed by atoms with Crippen LogP contribution in [0.3, 0.4) is 0 Å². The molecule has 0 unspecified atom stereocenters. The molecule has 1 aromatic carbocycles. The van der Waals surface area contributed by atoms with Crippen LogP contribution >= 0.6 is 0 Å². The molecule has 0 saturated carbocycles. The van der Waals surface area contributed by atoms with Crippen LogP contribution in [-0.2, 0) is 6.54 Å². The molecule has 0 atom stereocenters. The van der Waals surface area contributed by atoms with Crippen LogP contribution in [-0.4, -0.2) is 41.3 Å². The molecule has 0 aliphatic heterocycles. The van der Waals surface area contributed by atoms with Crippen molar-refractivity contribution in [1.82, 2.24) is 25.8 Å². The summed E-state index contributed by atoms with van der Waals surface area (Å²) in [5.41, 5.74) is 2.51. The van der Waals surface area contributed by atoms with Crippen LogP contribution < -0.4 is 15.4 Å². The molecule has 150 valence electrons. The van der Waals surface area contributed by atoms with Crippen LogP contribution in [0.2, 0.25) is 0 Å². The number of methoxy groups -OCH3 is 1. The molecule has 1 heterocycles. The quantitative estimate of drug-likeness (QED) is 0.370. The minimum atomic E-state index is 0.446. The van der Waals surface area contributed by atoms with E-state index in [0.29, 0.717) is 12.4 Å². The molecule has 7 nitrogen and oxygen atoms in total. The third kappa shape index (κ3) is 5.84. The highest BCUT2D eigenvalue weighted by atomic mass is 16.5. The maximum absolute atomic E-state index is 5.19. The predicted molar refractivity (Wildman–Crippen MR) is 112 cm³/mol. The normalized spacial score (nSPS) is 14.5. The lowest BCUT2D eigenvalue weighted by Crippen LogP contribution is -2.37. The van der Waals surface area contributed by atoms with Crippen molar-refractivity contribution >= 4 is 5.96 Å². The fourth-order valence-electron chi connectivity index (χ4n) is 3.20. The number of ether oxygens (including phenoxy) is 1. The molecule has 0 spiro atoms. The lowest BCUT2D eigenvalue weighted by Gasteiger charge is -2.14. The second-order valence-electron chi connectivity index (χ2n) is 6.81. The Morgan fingerprint density at radius 3 is 2.79 bits per heavy atom. The monoisotopic (exact) mass is 382 g/mol. The van der Waals surface area contributed by atoms with Crippen LogP contribution in [0.15, 0.2) is 40.9 Å². The lowest BCUT2D eigenvalue weighted by atomic mass is 9.97. The Morgan fingerprint density at radius 2 is 2.07 bits per heavy atom. The van der Waals surface area contributed by atoms with Crippen LogP contribution in [0.25, 0.3) is 11.4 Å². The maximum Gasteiger partial charge on any atom is 0.191 e. The highest BCUT2D eigenvalue weighted by Crippen LogP contribution is 2.20. The molecule has 3 rings (SSSR count). The molecule has 1 aliphatic rings. The molecule has 0 saturated heterocycles.